The van der Waals surface area contributed by atoms with Gasteiger partial charge in [0.1, 0.15) is 5.82 Å². The lowest BCUT2D eigenvalue weighted by atomic mass is 10.2. The monoisotopic (exact) mass is 280 g/mol. The molecule has 0 aliphatic rings. The van der Waals surface area contributed by atoms with Crippen molar-refractivity contribution in [2.45, 2.75) is 13.1 Å². The summed E-state index contributed by atoms with van der Waals surface area (Å²) in [6, 6.07) is 8.51. The van der Waals surface area contributed by atoms with E-state index in [0.717, 1.165) is 11.1 Å². The third kappa shape index (κ3) is 3.66. The average Bonchev–Trinajstić information content (AvgIpc) is 2.44. The van der Waals surface area contributed by atoms with Gasteiger partial charge in [-0.15, -0.1) is 0 Å². The highest BCUT2D eigenvalue weighted by Gasteiger charge is 2.04. The number of rotatable bonds is 5. The zero-order valence-electron chi connectivity index (χ0n) is 10.5. The number of pyridine rings is 1. The Morgan fingerprint density at radius 1 is 1.26 bits per heavy atom. The largest absolute Gasteiger partial charge is 0.481 e. The first kappa shape index (κ1) is 13.8. The molecule has 0 aliphatic heterocycles. The number of ether oxygens (including phenoxy) is 1. The standard InChI is InChI=1S/C14H14ClFN2O/c1-19-13-6-5-10(8-18-13)7-17-9-11-3-2-4-12(16)14(11)15/h2-6,8,17H,7,9H2,1H3. The summed E-state index contributed by atoms with van der Waals surface area (Å²) in [4.78, 5) is 4.11. The SMILES string of the molecule is COc1ccc(CNCc2cccc(F)c2Cl)cn1. The van der Waals surface area contributed by atoms with Crippen LogP contribution in [0.3, 0.4) is 0 Å². The van der Waals surface area contributed by atoms with Crippen LogP contribution in [0, 0.1) is 5.82 Å². The van der Waals surface area contributed by atoms with Crippen molar-refractivity contribution >= 4 is 11.6 Å². The van der Waals surface area contributed by atoms with Gasteiger partial charge in [-0.3, -0.25) is 0 Å². The van der Waals surface area contributed by atoms with Gasteiger partial charge in [-0.05, 0) is 17.2 Å². The van der Waals surface area contributed by atoms with Crippen LogP contribution in [0.1, 0.15) is 11.1 Å². The minimum absolute atomic E-state index is 0.169. The van der Waals surface area contributed by atoms with Gasteiger partial charge in [0.25, 0.3) is 0 Å². The zero-order chi connectivity index (χ0) is 13.7. The van der Waals surface area contributed by atoms with Gasteiger partial charge in [-0.1, -0.05) is 29.8 Å². The molecule has 0 atom stereocenters. The predicted octanol–water partition coefficient (Wildman–Crippen LogP) is 3.17. The molecule has 0 saturated carbocycles. The van der Waals surface area contributed by atoms with E-state index in [1.807, 2.05) is 6.07 Å². The van der Waals surface area contributed by atoms with Crippen LogP contribution in [0.5, 0.6) is 5.88 Å². The van der Waals surface area contributed by atoms with Crippen LogP contribution in [-0.4, -0.2) is 12.1 Å². The van der Waals surface area contributed by atoms with Gasteiger partial charge in [0.15, 0.2) is 0 Å². The first-order valence-electron chi connectivity index (χ1n) is 5.83. The Bertz CT molecular complexity index is 546. The van der Waals surface area contributed by atoms with Crippen LogP contribution in [0.2, 0.25) is 5.02 Å². The Labute approximate surface area is 116 Å². The van der Waals surface area contributed by atoms with Crippen LogP contribution in [0.4, 0.5) is 4.39 Å². The quantitative estimate of drug-likeness (QED) is 0.913. The first-order valence-corrected chi connectivity index (χ1v) is 6.21. The van der Waals surface area contributed by atoms with Gasteiger partial charge in [-0.2, -0.15) is 0 Å². The molecule has 1 N–H and O–H groups in total. The highest BCUT2D eigenvalue weighted by atomic mass is 35.5. The Morgan fingerprint density at radius 2 is 2.11 bits per heavy atom. The van der Waals surface area contributed by atoms with Crippen LogP contribution in [0.25, 0.3) is 0 Å². The van der Waals surface area contributed by atoms with Crippen molar-refractivity contribution in [1.82, 2.24) is 10.3 Å². The fourth-order valence-electron chi connectivity index (χ4n) is 1.66. The lowest BCUT2D eigenvalue weighted by molar-refractivity contribution is 0.397. The van der Waals surface area contributed by atoms with Gasteiger partial charge in [-0.25, -0.2) is 9.37 Å². The molecule has 100 valence electrons. The maximum Gasteiger partial charge on any atom is 0.212 e. The number of aromatic nitrogens is 1. The van der Waals surface area contributed by atoms with Crippen molar-refractivity contribution in [3.05, 3.63) is 58.5 Å². The fraction of sp³-hybridized carbons (Fsp3) is 0.214. The molecule has 1 heterocycles. The molecule has 0 aliphatic carbocycles. The van der Waals surface area contributed by atoms with Crippen molar-refractivity contribution in [2.24, 2.45) is 0 Å². The number of benzene rings is 1. The summed E-state index contributed by atoms with van der Waals surface area (Å²) >= 11 is 5.87. The fourth-order valence-corrected chi connectivity index (χ4v) is 1.86. The minimum atomic E-state index is -0.396. The molecule has 1 aromatic carbocycles. The third-order valence-corrected chi connectivity index (χ3v) is 3.11. The summed E-state index contributed by atoms with van der Waals surface area (Å²) in [6.45, 7) is 1.13. The maximum absolute atomic E-state index is 13.2. The number of hydrogen-bond donors (Lipinski definition) is 1. The van der Waals surface area contributed by atoms with Crippen molar-refractivity contribution in [3.63, 3.8) is 0 Å². The van der Waals surface area contributed by atoms with Crippen LogP contribution >= 0.6 is 11.6 Å². The number of methoxy groups -OCH3 is 1. The van der Waals surface area contributed by atoms with Crippen molar-refractivity contribution in [1.29, 1.82) is 0 Å². The van der Waals surface area contributed by atoms with Crippen molar-refractivity contribution < 1.29 is 9.13 Å². The number of halogens is 2. The van der Waals surface area contributed by atoms with E-state index in [1.54, 1.807) is 31.5 Å². The van der Waals surface area contributed by atoms with E-state index in [0.29, 0.717) is 19.0 Å². The average molecular weight is 281 g/mol. The molecule has 5 heteroatoms. The van der Waals surface area contributed by atoms with Crippen LogP contribution in [0.15, 0.2) is 36.5 Å². The van der Waals surface area contributed by atoms with Crippen LogP contribution in [-0.2, 0) is 13.1 Å². The molecular weight excluding hydrogens is 267 g/mol. The lowest BCUT2D eigenvalue weighted by Crippen LogP contribution is -2.13. The highest BCUT2D eigenvalue weighted by Crippen LogP contribution is 2.19. The molecule has 0 amide bonds. The summed E-state index contributed by atoms with van der Waals surface area (Å²) in [5, 5.41) is 3.36. The van der Waals surface area contributed by atoms with E-state index in [2.05, 4.69) is 10.3 Å². The summed E-state index contributed by atoms with van der Waals surface area (Å²) < 4.78 is 18.2. The second kappa shape index (κ2) is 6.50. The van der Waals surface area contributed by atoms with E-state index in [1.165, 1.54) is 6.07 Å². The molecule has 0 saturated heterocycles. The molecule has 0 radical (unpaired) electrons. The van der Waals surface area contributed by atoms with Crippen molar-refractivity contribution in [3.8, 4) is 5.88 Å². The van der Waals surface area contributed by atoms with Gasteiger partial charge in [0, 0.05) is 25.4 Å². The second-order valence-corrected chi connectivity index (χ2v) is 4.40. The third-order valence-electron chi connectivity index (χ3n) is 2.68. The minimum Gasteiger partial charge on any atom is -0.481 e. The maximum atomic E-state index is 13.2. The summed E-state index contributed by atoms with van der Waals surface area (Å²) in [7, 11) is 1.58. The molecule has 0 spiro atoms. The van der Waals surface area contributed by atoms with Gasteiger partial charge < -0.3 is 10.1 Å². The zero-order valence-corrected chi connectivity index (χ0v) is 11.2. The Hall–Kier alpha value is -1.65. The summed E-state index contributed by atoms with van der Waals surface area (Å²) in [5.41, 5.74) is 1.76. The molecule has 3 nitrogen and oxygen atoms in total. The van der Waals surface area contributed by atoms with Gasteiger partial charge >= 0.3 is 0 Å². The highest BCUT2D eigenvalue weighted by molar-refractivity contribution is 6.31. The Balaban J connectivity index is 1.90. The van der Waals surface area contributed by atoms with Crippen molar-refractivity contribution in [2.75, 3.05) is 7.11 Å². The number of hydrogen-bond acceptors (Lipinski definition) is 3. The first-order chi connectivity index (χ1) is 9.20. The van der Waals surface area contributed by atoms with E-state index >= 15 is 0 Å². The van der Waals surface area contributed by atoms with Gasteiger partial charge in [0.2, 0.25) is 5.88 Å². The summed E-state index contributed by atoms with van der Waals surface area (Å²) in [6.07, 6.45) is 1.74. The molecule has 2 aromatic rings. The number of nitrogens with one attached hydrogen (secondary N) is 1. The molecule has 0 bridgehead atoms. The van der Waals surface area contributed by atoms with Gasteiger partial charge in [0.05, 0.1) is 12.1 Å². The van der Waals surface area contributed by atoms with E-state index in [4.69, 9.17) is 16.3 Å². The second-order valence-electron chi connectivity index (χ2n) is 4.03. The normalized spacial score (nSPS) is 10.5. The summed E-state index contributed by atoms with van der Waals surface area (Å²) in [5.74, 6) is 0.184. The van der Waals surface area contributed by atoms with E-state index < -0.39 is 5.82 Å². The lowest BCUT2D eigenvalue weighted by Gasteiger charge is -2.07. The molecular formula is C14H14ClFN2O. The predicted molar refractivity (Wildman–Crippen MR) is 72.7 cm³/mol. The Morgan fingerprint density at radius 3 is 2.79 bits per heavy atom. The molecule has 19 heavy (non-hydrogen) atoms. The molecule has 2 rings (SSSR count). The van der Waals surface area contributed by atoms with Crippen LogP contribution < -0.4 is 10.1 Å². The molecule has 0 unspecified atom stereocenters. The van der Waals surface area contributed by atoms with E-state index in [-0.39, 0.29) is 5.02 Å². The number of nitrogens with zero attached hydrogens (tertiary/aromatic N) is 1. The Kier molecular flexibility index (Phi) is 4.71. The molecule has 1 aromatic heterocycles. The topological polar surface area (TPSA) is 34.1 Å². The smallest absolute Gasteiger partial charge is 0.212 e. The van der Waals surface area contributed by atoms with E-state index in [9.17, 15) is 4.39 Å². The molecule has 0 fully saturated rings.